The Labute approximate surface area is 123 Å². The normalized spacial score (nSPS) is 17.1. The summed E-state index contributed by atoms with van der Waals surface area (Å²) in [6, 6.07) is 0. The maximum atomic E-state index is 2.51. The van der Waals surface area contributed by atoms with Gasteiger partial charge in [-0.3, -0.25) is 0 Å². The zero-order valence-corrected chi connectivity index (χ0v) is 18.1. The molecule has 0 aromatic heterocycles. The molecule has 14 heavy (non-hydrogen) atoms. The van der Waals surface area contributed by atoms with Gasteiger partial charge in [0.1, 0.15) is 0 Å². The van der Waals surface area contributed by atoms with Crippen molar-refractivity contribution in [1.82, 2.24) is 0 Å². The van der Waals surface area contributed by atoms with Crippen LogP contribution in [-0.2, 0) is 9.18 Å². The monoisotopic (exact) mass is 606 g/mol. The van der Waals surface area contributed by atoms with Gasteiger partial charge in [-0.1, -0.05) is 18.1 Å². The van der Waals surface area contributed by atoms with E-state index in [-0.39, 0.29) is 0 Å². The fourth-order valence-corrected chi connectivity index (χ4v) is 1.41. The van der Waals surface area contributed by atoms with E-state index in [1.807, 2.05) is 0 Å². The van der Waals surface area contributed by atoms with E-state index in [2.05, 4.69) is 88.8 Å². The standard InChI is InChI=1S/C10H15.3HI.Zr/c1-6-7(2)9(4)10(5)8(6)3;;;;/h1-5H3;3*1H;/q;;;;+3/p-3. The first-order valence-corrected chi connectivity index (χ1v) is 26.2. The Morgan fingerprint density at radius 3 is 0.929 bits per heavy atom. The van der Waals surface area contributed by atoms with E-state index in [1.54, 1.807) is 0 Å². The molecule has 0 saturated heterocycles. The Morgan fingerprint density at radius 1 is 0.643 bits per heavy atom. The Morgan fingerprint density at radius 2 is 0.857 bits per heavy atom. The van der Waals surface area contributed by atoms with Crippen molar-refractivity contribution in [2.75, 3.05) is 0 Å². The van der Waals surface area contributed by atoms with Crippen molar-refractivity contribution in [1.29, 1.82) is 0 Å². The summed E-state index contributed by atoms with van der Waals surface area (Å²) in [7, 11) is -0.633. The van der Waals surface area contributed by atoms with Crippen molar-refractivity contribution in [3.63, 3.8) is 0 Å². The molecule has 0 saturated carbocycles. The van der Waals surface area contributed by atoms with Crippen molar-refractivity contribution in [2.45, 2.75) is 34.6 Å². The van der Waals surface area contributed by atoms with E-state index < -0.39 is 9.18 Å². The van der Waals surface area contributed by atoms with Gasteiger partial charge < -0.3 is 0 Å². The summed E-state index contributed by atoms with van der Waals surface area (Å²) in [5.74, 6) is 1.47. The van der Waals surface area contributed by atoms with Crippen LogP contribution < -0.4 is 0 Å². The van der Waals surface area contributed by atoms with Crippen LogP contribution in [0.1, 0.15) is 34.6 Å². The Hall–Kier alpha value is 2.55. The molecule has 0 fully saturated rings. The summed E-state index contributed by atoms with van der Waals surface area (Å²) in [5, 5.41) is 0. The number of rotatable bonds is 0. The molecule has 1 radical (unpaired) electrons. The molecule has 0 aliphatic heterocycles. The van der Waals surface area contributed by atoms with Gasteiger partial charge in [0.2, 0.25) is 0 Å². The predicted octanol–water partition coefficient (Wildman–Crippen LogP) is 5.92. The van der Waals surface area contributed by atoms with Gasteiger partial charge in [-0.15, -0.1) is 0 Å². The Bertz CT molecular complexity index is 240. The van der Waals surface area contributed by atoms with E-state index in [9.17, 15) is 0 Å². The van der Waals surface area contributed by atoms with Crippen LogP contribution in [0.5, 0.6) is 0 Å². The molecule has 0 N–H and O–H groups in total. The molecule has 0 heterocycles. The van der Waals surface area contributed by atoms with Gasteiger partial charge in [0.25, 0.3) is 0 Å². The van der Waals surface area contributed by atoms with Crippen molar-refractivity contribution in [3.8, 4) is 0 Å². The molecule has 0 unspecified atom stereocenters. The molecule has 0 aromatic rings. The fourth-order valence-electron chi connectivity index (χ4n) is 1.41. The Kier molecular flexibility index (Phi) is 9.22. The van der Waals surface area contributed by atoms with Gasteiger partial charge in [-0.05, 0) is 38.8 Å². The van der Waals surface area contributed by atoms with Gasteiger partial charge >= 0.3 is 63.3 Å². The zero-order chi connectivity index (χ0) is 11.5. The second-order valence-corrected chi connectivity index (χ2v) is 60.2. The quantitative estimate of drug-likeness (QED) is 0.300. The molecule has 0 spiro atoms. The third-order valence-electron chi connectivity index (χ3n) is 2.81. The second-order valence-electron chi connectivity index (χ2n) is 3.34. The van der Waals surface area contributed by atoms with E-state index in [0.717, 1.165) is 0 Å². The first-order chi connectivity index (χ1) is 6.29. The molecule has 1 aliphatic carbocycles. The first kappa shape index (κ1) is 16.6. The molecule has 0 aromatic carbocycles. The summed E-state index contributed by atoms with van der Waals surface area (Å²) in [5.41, 5.74) is 5.87. The van der Waals surface area contributed by atoms with Crippen LogP contribution in [0.4, 0.5) is 0 Å². The second kappa shape index (κ2) is 7.80. The topological polar surface area (TPSA) is 0 Å². The number of allylic oxidation sites excluding steroid dienone is 4. The van der Waals surface area contributed by atoms with E-state index in [4.69, 9.17) is 0 Å². The molecule has 0 atom stereocenters. The molecule has 0 amide bonds. The van der Waals surface area contributed by atoms with E-state index in [0.29, 0.717) is 0 Å². The first-order valence-electron chi connectivity index (χ1n) is 4.32. The zero-order valence-electron chi connectivity index (χ0n) is 9.13. The van der Waals surface area contributed by atoms with Crippen LogP contribution in [0, 0.1) is 5.92 Å². The van der Waals surface area contributed by atoms with Crippen molar-refractivity contribution >= 4 is 54.1 Å². The molecule has 80 valence electrons. The summed E-state index contributed by atoms with van der Waals surface area (Å²) in [6.45, 7) is 11.0. The summed E-state index contributed by atoms with van der Waals surface area (Å²) in [4.78, 5) is 0. The summed E-state index contributed by atoms with van der Waals surface area (Å²) in [6.07, 6.45) is 0. The number of hydrogen-bond acceptors (Lipinski definition) is 0. The molecular formula is C10H15I3Zr. The fraction of sp³-hybridized carbons (Fsp3) is 0.500. The van der Waals surface area contributed by atoms with Gasteiger partial charge in [-0.2, -0.15) is 0 Å². The van der Waals surface area contributed by atoms with Crippen molar-refractivity contribution in [3.05, 3.63) is 28.2 Å². The summed E-state index contributed by atoms with van der Waals surface area (Å²) >= 11 is 7.54. The van der Waals surface area contributed by atoms with E-state index in [1.165, 1.54) is 28.2 Å². The summed E-state index contributed by atoms with van der Waals surface area (Å²) < 4.78 is 0. The van der Waals surface area contributed by atoms with Crippen LogP contribution in [0.25, 0.3) is 0 Å². The molecular weight excluding hydrogens is 592 g/mol. The molecule has 1 aliphatic rings. The van der Waals surface area contributed by atoms with Crippen LogP contribution >= 0.6 is 54.1 Å². The number of halogens is 3. The third kappa shape index (κ3) is 5.26. The van der Waals surface area contributed by atoms with Gasteiger partial charge in [0, 0.05) is 5.92 Å². The SMILES string of the molecule is C[C]1C(C)=C(C)C(C)=C1C.[I][Zr]([I])[I]. The third-order valence-corrected chi connectivity index (χ3v) is 2.81. The van der Waals surface area contributed by atoms with Gasteiger partial charge in [-0.25, -0.2) is 0 Å². The van der Waals surface area contributed by atoms with Crippen LogP contribution in [0.3, 0.4) is 0 Å². The van der Waals surface area contributed by atoms with Gasteiger partial charge in [0.05, 0.1) is 0 Å². The average Bonchev–Trinajstić information content (AvgIpc) is 2.23. The van der Waals surface area contributed by atoms with Crippen LogP contribution in [-0.4, -0.2) is 0 Å². The van der Waals surface area contributed by atoms with Crippen molar-refractivity contribution in [2.24, 2.45) is 0 Å². The predicted molar refractivity (Wildman–Crippen MR) is 87.7 cm³/mol. The van der Waals surface area contributed by atoms with Gasteiger partial charge in [0.15, 0.2) is 0 Å². The van der Waals surface area contributed by atoms with Crippen molar-refractivity contribution < 1.29 is 9.18 Å². The minimum absolute atomic E-state index is 0.633. The molecule has 0 nitrogen and oxygen atoms in total. The Balaban J connectivity index is 0.000000364. The minimum atomic E-state index is -0.633. The molecule has 1 rings (SSSR count). The average molecular weight is 607 g/mol. The van der Waals surface area contributed by atoms with Crippen LogP contribution in [0.15, 0.2) is 22.3 Å². The van der Waals surface area contributed by atoms with Crippen LogP contribution in [0.2, 0.25) is 0 Å². The van der Waals surface area contributed by atoms with E-state index >= 15 is 0 Å². The molecule has 0 bridgehead atoms. The molecule has 4 heteroatoms. The number of hydrogen-bond donors (Lipinski definition) is 0. The maximum absolute atomic E-state index is 2.51.